The summed E-state index contributed by atoms with van der Waals surface area (Å²) >= 11 is 2.60. The Labute approximate surface area is 192 Å². The van der Waals surface area contributed by atoms with Crippen LogP contribution in [0.15, 0.2) is 82.6 Å². The molecule has 0 radical (unpaired) electrons. The van der Waals surface area contributed by atoms with Crippen molar-refractivity contribution in [2.45, 2.75) is 11.7 Å². The van der Waals surface area contributed by atoms with Crippen LogP contribution in [-0.2, 0) is 11.3 Å². The largest absolute Gasteiger partial charge is 0.325 e. The lowest BCUT2D eigenvalue weighted by molar-refractivity contribution is -0.113. The molecular weight excluding hydrogens is 440 g/mol. The quantitative estimate of drug-likeness (QED) is 0.241. The van der Waals surface area contributed by atoms with E-state index >= 15 is 0 Å². The normalized spacial score (nSPS) is 10.6. The van der Waals surface area contributed by atoms with Crippen LogP contribution in [0.1, 0.15) is 5.56 Å². The van der Waals surface area contributed by atoms with Gasteiger partial charge in [0.15, 0.2) is 5.16 Å². The van der Waals surface area contributed by atoms with E-state index in [0.717, 1.165) is 11.1 Å². The predicted molar refractivity (Wildman–Crippen MR) is 130 cm³/mol. The van der Waals surface area contributed by atoms with Crippen LogP contribution in [-0.4, -0.2) is 21.2 Å². The molecule has 0 bridgehead atoms. The summed E-state index contributed by atoms with van der Waals surface area (Å²) in [6, 6.07) is 18.5. The van der Waals surface area contributed by atoms with Crippen LogP contribution in [0.4, 0.5) is 5.69 Å². The molecule has 2 heterocycles. The van der Waals surface area contributed by atoms with E-state index in [1.54, 1.807) is 34.9 Å². The number of carbonyl (C=O) groups excluding carboxylic acids is 1. The van der Waals surface area contributed by atoms with Crippen molar-refractivity contribution in [3.8, 4) is 17.2 Å². The first-order valence-corrected chi connectivity index (χ1v) is 11.6. The first-order valence-electron chi connectivity index (χ1n) is 9.72. The Morgan fingerprint density at radius 3 is 2.81 bits per heavy atom. The van der Waals surface area contributed by atoms with Crippen LogP contribution in [0.3, 0.4) is 0 Å². The maximum Gasteiger partial charge on any atom is 0.263 e. The van der Waals surface area contributed by atoms with Crippen molar-refractivity contribution in [2.24, 2.45) is 0 Å². The Kier molecular flexibility index (Phi) is 6.50. The third-order valence-corrected chi connectivity index (χ3v) is 6.51. The van der Waals surface area contributed by atoms with Crippen molar-refractivity contribution in [3.63, 3.8) is 0 Å². The van der Waals surface area contributed by atoms with E-state index in [0.29, 0.717) is 33.2 Å². The zero-order chi connectivity index (χ0) is 22.5. The highest BCUT2D eigenvalue weighted by Gasteiger charge is 2.17. The summed E-state index contributed by atoms with van der Waals surface area (Å²) in [6.45, 7) is 4.05. The molecule has 8 heteroatoms. The molecule has 0 saturated carbocycles. The fraction of sp³-hybridized carbons (Fsp3) is 0.0833. The Morgan fingerprint density at radius 2 is 2.06 bits per heavy atom. The van der Waals surface area contributed by atoms with Gasteiger partial charge in [-0.3, -0.25) is 14.2 Å². The molecule has 4 aromatic rings. The first kappa shape index (κ1) is 21.6. The molecule has 1 amide bonds. The fourth-order valence-corrected chi connectivity index (χ4v) is 5.03. The smallest absolute Gasteiger partial charge is 0.263 e. The second-order valence-electron chi connectivity index (χ2n) is 6.82. The van der Waals surface area contributed by atoms with Gasteiger partial charge in [-0.2, -0.15) is 5.26 Å². The summed E-state index contributed by atoms with van der Waals surface area (Å²) in [5.41, 5.74) is 2.68. The van der Waals surface area contributed by atoms with Gasteiger partial charge in [-0.05, 0) is 23.8 Å². The molecule has 0 spiro atoms. The van der Waals surface area contributed by atoms with E-state index in [-0.39, 0.29) is 17.2 Å². The van der Waals surface area contributed by atoms with Crippen molar-refractivity contribution < 1.29 is 4.79 Å². The summed E-state index contributed by atoms with van der Waals surface area (Å²) in [4.78, 5) is 31.1. The number of carbonyl (C=O) groups is 1. The number of nitrogens with one attached hydrogen (secondary N) is 1. The standard InChI is InChI=1S/C24H18N4O2S2/c1-2-11-28-23(30)21-19(17-8-4-3-5-9-17)14-31-22(21)27-24(28)32-15-20(29)26-18-10-6-7-16(12-18)13-25/h2-10,12,14H,1,11,15H2,(H,26,29). The molecule has 0 saturated heterocycles. The third kappa shape index (κ3) is 4.49. The molecule has 32 heavy (non-hydrogen) atoms. The van der Waals surface area contributed by atoms with Crippen molar-refractivity contribution in [2.75, 3.05) is 11.1 Å². The van der Waals surface area contributed by atoms with Crippen LogP contribution in [0.25, 0.3) is 21.3 Å². The Balaban J connectivity index is 1.62. The lowest BCUT2D eigenvalue weighted by Gasteiger charge is -2.11. The summed E-state index contributed by atoms with van der Waals surface area (Å²) < 4.78 is 1.54. The van der Waals surface area contributed by atoms with Gasteiger partial charge in [-0.1, -0.05) is 54.2 Å². The average molecular weight is 459 g/mol. The molecule has 1 N–H and O–H groups in total. The molecule has 158 valence electrons. The van der Waals surface area contributed by atoms with Gasteiger partial charge < -0.3 is 5.32 Å². The van der Waals surface area contributed by atoms with Gasteiger partial charge in [0.2, 0.25) is 5.91 Å². The number of nitriles is 1. The number of benzene rings is 2. The maximum atomic E-state index is 13.3. The molecule has 2 aromatic carbocycles. The number of allylic oxidation sites excluding steroid dienone is 1. The van der Waals surface area contributed by atoms with E-state index in [4.69, 9.17) is 5.26 Å². The zero-order valence-electron chi connectivity index (χ0n) is 16.9. The number of fused-ring (bicyclic) bond motifs is 1. The second-order valence-corrected chi connectivity index (χ2v) is 8.62. The molecule has 0 aliphatic heterocycles. The van der Waals surface area contributed by atoms with Gasteiger partial charge in [0.05, 0.1) is 22.8 Å². The van der Waals surface area contributed by atoms with Crippen LogP contribution in [0, 0.1) is 11.3 Å². The van der Waals surface area contributed by atoms with E-state index in [1.165, 1.54) is 23.1 Å². The fourth-order valence-electron chi connectivity index (χ4n) is 3.23. The Bertz CT molecular complexity index is 1400. The van der Waals surface area contributed by atoms with Crippen molar-refractivity contribution in [3.05, 3.63) is 88.5 Å². The van der Waals surface area contributed by atoms with E-state index in [9.17, 15) is 9.59 Å². The molecule has 6 nitrogen and oxygen atoms in total. The van der Waals surface area contributed by atoms with Crippen LogP contribution < -0.4 is 10.9 Å². The third-order valence-electron chi connectivity index (χ3n) is 4.66. The summed E-state index contributed by atoms with van der Waals surface area (Å²) in [5.74, 6) is -0.177. The number of anilines is 1. The van der Waals surface area contributed by atoms with Gasteiger partial charge in [-0.25, -0.2) is 4.98 Å². The van der Waals surface area contributed by atoms with Crippen LogP contribution in [0.2, 0.25) is 0 Å². The Hall–Kier alpha value is -3.67. The minimum atomic E-state index is -0.249. The molecular formula is C24H18N4O2S2. The van der Waals surface area contributed by atoms with Gasteiger partial charge in [0, 0.05) is 23.2 Å². The van der Waals surface area contributed by atoms with Gasteiger partial charge in [0.25, 0.3) is 5.56 Å². The minimum absolute atomic E-state index is 0.0722. The Morgan fingerprint density at radius 1 is 1.25 bits per heavy atom. The van der Waals surface area contributed by atoms with E-state index in [1.807, 2.05) is 41.8 Å². The van der Waals surface area contributed by atoms with Crippen LogP contribution in [0.5, 0.6) is 0 Å². The number of thioether (sulfide) groups is 1. The maximum absolute atomic E-state index is 13.3. The number of aromatic nitrogens is 2. The highest BCUT2D eigenvalue weighted by Crippen LogP contribution is 2.32. The SMILES string of the molecule is C=CCn1c(SCC(=O)Nc2cccc(C#N)c2)nc2scc(-c3ccccc3)c2c1=O. The van der Waals surface area contributed by atoms with Crippen molar-refractivity contribution >= 4 is 44.9 Å². The van der Waals surface area contributed by atoms with Gasteiger partial charge in [0.1, 0.15) is 4.83 Å². The van der Waals surface area contributed by atoms with Gasteiger partial charge >= 0.3 is 0 Å². The molecule has 0 aliphatic carbocycles. The second kappa shape index (κ2) is 9.64. The monoisotopic (exact) mass is 458 g/mol. The lowest BCUT2D eigenvalue weighted by atomic mass is 10.1. The van der Waals surface area contributed by atoms with Crippen molar-refractivity contribution in [1.29, 1.82) is 5.26 Å². The summed E-state index contributed by atoms with van der Waals surface area (Å²) in [5, 5.41) is 14.8. The molecule has 0 fully saturated rings. The number of thiophene rings is 1. The molecule has 0 aliphatic rings. The lowest BCUT2D eigenvalue weighted by Crippen LogP contribution is -2.23. The minimum Gasteiger partial charge on any atom is -0.325 e. The summed E-state index contributed by atoms with van der Waals surface area (Å²) in [7, 11) is 0. The average Bonchev–Trinajstić information content (AvgIpc) is 3.25. The van der Waals surface area contributed by atoms with E-state index in [2.05, 4.69) is 16.9 Å². The highest BCUT2D eigenvalue weighted by molar-refractivity contribution is 7.99. The number of hydrogen-bond donors (Lipinski definition) is 1. The van der Waals surface area contributed by atoms with Crippen LogP contribution >= 0.6 is 23.1 Å². The molecule has 0 unspecified atom stereocenters. The van der Waals surface area contributed by atoms with E-state index < -0.39 is 0 Å². The number of nitrogens with zero attached hydrogens (tertiary/aromatic N) is 3. The molecule has 0 atom stereocenters. The summed E-state index contributed by atoms with van der Waals surface area (Å²) in [6.07, 6.45) is 1.64. The molecule has 2 aromatic heterocycles. The number of amides is 1. The number of rotatable bonds is 7. The first-order chi connectivity index (χ1) is 15.6. The number of hydrogen-bond acceptors (Lipinski definition) is 6. The zero-order valence-corrected chi connectivity index (χ0v) is 18.6. The predicted octanol–water partition coefficient (Wildman–Crippen LogP) is 4.91. The topological polar surface area (TPSA) is 87.8 Å². The highest BCUT2D eigenvalue weighted by atomic mass is 32.2. The van der Waals surface area contributed by atoms with Crippen molar-refractivity contribution in [1.82, 2.24) is 9.55 Å². The molecule has 4 rings (SSSR count). The van der Waals surface area contributed by atoms with Gasteiger partial charge in [-0.15, -0.1) is 17.9 Å².